The van der Waals surface area contributed by atoms with Crippen molar-refractivity contribution in [2.75, 3.05) is 46.4 Å². The zero-order chi connectivity index (χ0) is 28.7. The van der Waals surface area contributed by atoms with E-state index in [1.165, 1.54) is 59.2 Å². The zero-order valence-electron chi connectivity index (χ0n) is 25.1. The SMILES string of the molecule is COCc1ccccc1.COc1cc(N2CCC3(CC2)CC(C(OC)OC)C3)ccc1C1=CCCc2ccccc21. The lowest BCUT2D eigenvalue weighted by Crippen LogP contribution is -2.50. The van der Waals surface area contributed by atoms with Crippen LogP contribution in [0.5, 0.6) is 5.75 Å². The first-order valence-corrected chi connectivity index (χ1v) is 14.9. The first-order chi connectivity index (χ1) is 20.1. The number of hydrogen-bond donors (Lipinski definition) is 0. The highest BCUT2D eigenvalue weighted by atomic mass is 16.7. The predicted octanol–water partition coefficient (Wildman–Crippen LogP) is 7.52. The van der Waals surface area contributed by atoms with Crippen molar-refractivity contribution in [3.05, 3.63) is 101 Å². The minimum atomic E-state index is -0.0466. The van der Waals surface area contributed by atoms with E-state index in [1.807, 2.05) is 30.3 Å². The van der Waals surface area contributed by atoms with Crippen LogP contribution in [0, 0.1) is 11.3 Å². The number of ether oxygens (including phenoxy) is 4. The second-order valence-electron chi connectivity index (χ2n) is 11.6. The Bertz CT molecular complexity index is 1280. The van der Waals surface area contributed by atoms with Gasteiger partial charge < -0.3 is 23.8 Å². The van der Waals surface area contributed by atoms with Gasteiger partial charge >= 0.3 is 0 Å². The molecular weight excluding hydrogens is 510 g/mol. The normalized spacial score (nSPS) is 17.8. The summed E-state index contributed by atoms with van der Waals surface area (Å²) in [4.78, 5) is 2.53. The Balaban J connectivity index is 0.000000321. The number of anilines is 1. The molecule has 5 nitrogen and oxygen atoms in total. The molecule has 0 unspecified atom stereocenters. The van der Waals surface area contributed by atoms with Crippen molar-refractivity contribution < 1.29 is 18.9 Å². The fraction of sp³-hybridized carbons (Fsp3) is 0.444. The number of nitrogens with zero attached hydrogens (tertiary/aromatic N) is 1. The molecule has 0 N–H and O–H groups in total. The maximum Gasteiger partial charge on any atom is 0.159 e. The van der Waals surface area contributed by atoms with Crippen LogP contribution in [0.2, 0.25) is 0 Å². The van der Waals surface area contributed by atoms with E-state index in [1.54, 1.807) is 28.4 Å². The molecule has 2 fully saturated rings. The number of fused-ring (bicyclic) bond motifs is 1. The first kappa shape index (κ1) is 29.4. The van der Waals surface area contributed by atoms with Gasteiger partial charge in [-0.2, -0.15) is 0 Å². The highest BCUT2D eigenvalue weighted by Crippen LogP contribution is 2.54. The fourth-order valence-electron chi connectivity index (χ4n) is 6.95. The van der Waals surface area contributed by atoms with Gasteiger partial charge in [-0.1, -0.05) is 60.7 Å². The van der Waals surface area contributed by atoms with E-state index in [4.69, 9.17) is 18.9 Å². The number of piperidine rings is 1. The number of rotatable bonds is 8. The maximum atomic E-state index is 5.89. The molecule has 41 heavy (non-hydrogen) atoms. The minimum Gasteiger partial charge on any atom is -0.496 e. The van der Waals surface area contributed by atoms with Gasteiger partial charge in [0, 0.05) is 57.7 Å². The summed E-state index contributed by atoms with van der Waals surface area (Å²) in [6.07, 6.45) is 9.45. The Kier molecular flexibility index (Phi) is 9.81. The molecule has 1 heterocycles. The third-order valence-corrected chi connectivity index (χ3v) is 9.13. The molecule has 6 rings (SSSR count). The summed E-state index contributed by atoms with van der Waals surface area (Å²) in [6.45, 7) is 2.91. The van der Waals surface area contributed by atoms with Gasteiger partial charge in [0.15, 0.2) is 6.29 Å². The molecule has 0 atom stereocenters. The molecule has 5 heteroatoms. The van der Waals surface area contributed by atoms with Crippen LogP contribution in [-0.4, -0.2) is 47.8 Å². The standard InChI is InChI=1S/C28H35NO3.C8H10O/c1-30-26-17-22(11-12-25(26)24-10-6-8-20-7-4-5-9-23(20)24)29-15-13-28(14-16-29)18-21(19-28)27(31-2)32-3;1-9-7-8-5-3-2-4-6-8/h4-5,7,9-12,17,21,27H,6,8,13-16,18-19H2,1-3H3;2-6H,7H2,1H3. The van der Waals surface area contributed by atoms with Crippen LogP contribution < -0.4 is 9.64 Å². The molecule has 0 radical (unpaired) electrons. The van der Waals surface area contributed by atoms with Gasteiger partial charge in [-0.25, -0.2) is 0 Å². The highest BCUT2D eigenvalue weighted by molar-refractivity contribution is 5.86. The van der Waals surface area contributed by atoms with Crippen LogP contribution in [0.1, 0.15) is 54.4 Å². The van der Waals surface area contributed by atoms with Crippen LogP contribution in [0.3, 0.4) is 0 Å². The van der Waals surface area contributed by atoms with Gasteiger partial charge in [0.25, 0.3) is 0 Å². The quantitative estimate of drug-likeness (QED) is 0.269. The lowest BCUT2D eigenvalue weighted by Gasteiger charge is -2.54. The van der Waals surface area contributed by atoms with Crippen LogP contribution in [-0.2, 0) is 27.2 Å². The Morgan fingerprint density at radius 3 is 2.22 bits per heavy atom. The topological polar surface area (TPSA) is 40.2 Å². The molecule has 1 saturated heterocycles. The largest absolute Gasteiger partial charge is 0.496 e. The summed E-state index contributed by atoms with van der Waals surface area (Å²) < 4.78 is 21.8. The number of allylic oxidation sites excluding steroid dienone is 1. The van der Waals surface area contributed by atoms with Crippen molar-refractivity contribution in [2.24, 2.45) is 11.3 Å². The van der Waals surface area contributed by atoms with Crippen LogP contribution >= 0.6 is 0 Å². The van der Waals surface area contributed by atoms with Crippen LogP contribution in [0.15, 0.2) is 78.9 Å². The second-order valence-corrected chi connectivity index (χ2v) is 11.6. The zero-order valence-corrected chi connectivity index (χ0v) is 25.1. The molecule has 2 aliphatic carbocycles. The van der Waals surface area contributed by atoms with Crippen molar-refractivity contribution in [1.29, 1.82) is 0 Å². The number of methoxy groups -OCH3 is 4. The first-order valence-electron chi connectivity index (χ1n) is 14.9. The Labute approximate surface area is 246 Å². The van der Waals surface area contributed by atoms with Gasteiger partial charge in [-0.15, -0.1) is 0 Å². The monoisotopic (exact) mass is 555 g/mol. The molecule has 3 aliphatic rings. The predicted molar refractivity (Wildman–Crippen MR) is 166 cm³/mol. The summed E-state index contributed by atoms with van der Waals surface area (Å²) in [6, 6.07) is 25.6. The summed E-state index contributed by atoms with van der Waals surface area (Å²) >= 11 is 0. The van der Waals surface area contributed by atoms with E-state index in [0.717, 1.165) is 31.7 Å². The molecule has 1 spiro atoms. The summed E-state index contributed by atoms with van der Waals surface area (Å²) in [5.74, 6) is 1.51. The lowest BCUT2D eigenvalue weighted by molar-refractivity contribution is -0.184. The average molecular weight is 556 g/mol. The van der Waals surface area contributed by atoms with Crippen molar-refractivity contribution in [3.8, 4) is 5.75 Å². The smallest absolute Gasteiger partial charge is 0.159 e. The van der Waals surface area contributed by atoms with Gasteiger partial charge in [-0.05, 0) is 78.3 Å². The molecule has 218 valence electrons. The number of aryl methyl sites for hydroxylation is 1. The van der Waals surface area contributed by atoms with E-state index in [0.29, 0.717) is 17.9 Å². The summed E-state index contributed by atoms with van der Waals surface area (Å²) in [5, 5.41) is 0. The van der Waals surface area contributed by atoms with E-state index in [-0.39, 0.29) is 6.29 Å². The Hall–Kier alpha value is -3.12. The van der Waals surface area contributed by atoms with Crippen molar-refractivity contribution in [3.63, 3.8) is 0 Å². The Morgan fingerprint density at radius 1 is 0.829 bits per heavy atom. The minimum absolute atomic E-state index is 0.0466. The van der Waals surface area contributed by atoms with Crippen LogP contribution in [0.4, 0.5) is 5.69 Å². The molecular formula is C36H45NO4. The molecule has 0 aromatic heterocycles. The Morgan fingerprint density at radius 2 is 1.54 bits per heavy atom. The maximum absolute atomic E-state index is 5.89. The number of hydrogen-bond acceptors (Lipinski definition) is 5. The van der Waals surface area contributed by atoms with E-state index < -0.39 is 0 Å². The van der Waals surface area contributed by atoms with Gasteiger partial charge in [0.1, 0.15) is 5.75 Å². The lowest BCUT2D eigenvalue weighted by atomic mass is 9.57. The van der Waals surface area contributed by atoms with Gasteiger partial charge in [0.2, 0.25) is 0 Å². The van der Waals surface area contributed by atoms with Crippen molar-refractivity contribution in [1.82, 2.24) is 0 Å². The van der Waals surface area contributed by atoms with E-state index >= 15 is 0 Å². The van der Waals surface area contributed by atoms with Gasteiger partial charge in [0.05, 0.1) is 13.7 Å². The van der Waals surface area contributed by atoms with E-state index in [9.17, 15) is 0 Å². The third-order valence-electron chi connectivity index (χ3n) is 9.13. The third kappa shape index (κ3) is 6.69. The van der Waals surface area contributed by atoms with Crippen molar-refractivity contribution in [2.45, 2.75) is 51.4 Å². The van der Waals surface area contributed by atoms with Crippen molar-refractivity contribution >= 4 is 11.3 Å². The summed E-state index contributed by atoms with van der Waals surface area (Å²) in [5.41, 5.74) is 8.25. The molecule has 1 saturated carbocycles. The molecule has 1 aliphatic heterocycles. The highest BCUT2D eigenvalue weighted by Gasteiger charge is 2.48. The van der Waals surface area contributed by atoms with E-state index in [2.05, 4.69) is 53.4 Å². The average Bonchev–Trinajstić information content (AvgIpc) is 3.01. The summed E-state index contributed by atoms with van der Waals surface area (Å²) in [7, 11) is 6.99. The number of benzene rings is 3. The van der Waals surface area contributed by atoms with Crippen LogP contribution in [0.25, 0.3) is 5.57 Å². The second kappa shape index (κ2) is 13.7. The molecule has 3 aromatic carbocycles. The molecule has 0 amide bonds. The molecule has 0 bridgehead atoms. The fourth-order valence-corrected chi connectivity index (χ4v) is 6.95. The molecule has 3 aromatic rings. The van der Waals surface area contributed by atoms with Gasteiger partial charge in [-0.3, -0.25) is 0 Å².